The normalized spacial score (nSPS) is 24.8. The van der Waals surface area contributed by atoms with Crippen LogP contribution in [0.3, 0.4) is 0 Å². The van der Waals surface area contributed by atoms with Crippen LogP contribution in [-0.2, 0) is 38.1 Å². The van der Waals surface area contributed by atoms with E-state index >= 15 is 0 Å². The Morgan fingerprint density at radius 2 is 1.26 bits per heavy atom. The summed E-state index contributed by atoms with van der Waals surface area (Å²) in [5.41, 5.74) is 1.78. The Kier molecular flexibility index (Phi) is 7.19. The monoisotopic (exact) mass is 470 g/mol. The van der Waals surface area contributed by atoms with Crippen molar-refractivity contribution < 1.29 is 34.7 Å². The molecule has 1 fully saturated rings. The van der Waals surface area contributed by atoms with Gasteiger partial charge in [-0.3, -0.25) is 8.37 Å². The zero-order chi connectivity index (χ0) is 22.8. The van der Waals surface area contributed by atoms with E-state index in [4.69, 9.17) is 17.8 Å². The molecule has 0 saturated carbocycles. The summed E-state index contributed by atoms with van der Waals surface area (Å²) in [5.74, 6) is 0. The van der Waals surface area contributed by atoms with Crippen molar-refractivity contribution in [1.29, 1.82) is 0 Å². The predicted octanol–water partition coefficient (Wildman–Crippen LogP) is 2.93. The van der Waals surface area contributed by atoms with Gasteiger partial charge in [-0.1, -0.05) is 35.4 Å². The van der Waals surface area contributed by atoms with E-state index in [1.807, 2.05) is 13.8 Å². The maximum absolute atomic E-state index is 12.8. The molecule has 8 nitrogen and oxygen atoms in total. The lowest BCUT2D eigenvalue weighted by Gasteiger charge is -2.38. The van der Waals surface area contributed by atoms with Gasteiger partial charge >= 0.3 is 0 Å². The van der Waals surface area contributed by atoms with E-state index in [0.29, 0.717) is 0 Å². The molecule has 0 radical (unpaired) electrons. The molecule has 0 N–H and O–H groups in total. The summed E-state index contributed by atoms with van der Waals surface area (Å²) in [6.07, 6.45) is -3.94. The van der Waals surface area contributed by atoms with Gasteiger partial charge in [0.15, 0.2) is 6.29 Å². The molecule has 3 rings (SSSR count). The van der Waals surface area contributed by atoms with E-state index < -0.39 is 44.8 Å². The molecule has 31 heavy (non-hydrogen) atoms. The lowest BCUT2D eigenvalue weighted by atomic mass is 10.0. The van der Waals surface area contributed by atoms with Gasteiger partial charge in [0.2, 0.25) is 0 Å². The Morgan fingerprint density at radius 1 is 0.806 bits per heavy atom. The summed E-state index contributed by atoms with van der Waals surface area (Å²) < 4.78 is 73.0. The third-order valence-electron chi connectivity index (χ3n) is 4.99. The van der Waals surface area contributed by atoms with Crippen molar-refractivity contribution in [2.45, 2.75) is 61.6 Å². The van der Waals surface area contributed by atoms with Crippen molar-refractivity contribution in [3.05, 3.63) is 59.7 Å². The van der Waals surface area contributed by atoms with Gasteiger partial charge in [0.05, 0.1) is 15.9 Å². The first kappa shape index (κ1) is 23.8. The fourth-order valence-electron chi connectivity index (χ4n) is 3.21. The molecule has 1 aliphatic heterocycles. The van der Waals surface area contributed by atoms with Crippen molar-refractivity contribution in [3.63, 3.8) is 0 Å². The maximum Gasteiger partial charge on any atom is 0.297 e. The molecule has 10 heteroatoms. The number of rotatable bonds is 7. The maximum atomic E-state index is 12.8. The molecule has 1 heterocycles. The summed E-state index contributed by atoms with van der Waals surface area (Å²) in [5, 5.41) is 0. The third-order valence-corrected chi connectivity index (χ3v) is 7.67. The first-order chi connectivity index (χ1) is 14.5. The van der Waals surface area contributed by atoms with Crippen LogP contribution in [0.5, 0.6) is 0 Å². The fourth-order valence-corrected chi connectivity index (χ4v) is 5.46. The van der Waals surface area contributed by atoms with E-state index in [1.165, 1.54) is 31.4 Å². The molecule has 4 atom stereocenters. The van der Waals surface area contributed by atoms with Crippen LogP contribution >= 0.6 is 0 Å². The Bertz CT molecular complexity index is 1090. The van der Waals surface area contributed by atoms with Crippen molar-refractivity contribution in [3.8, 4) is 0 Å². The molecule has 0 unspecified atom stereocenters. The minimum atomic E-state index is -4.19. The average molecular weight is 471 g/mol. The summed E-state index contributed by atoms with van der Waals surface area (Å²) in [4.78, 5) is -0.0781. The second-order valence-corrected chi connectivity index (χ2v) is 10.6. The number of ether oxygens (including phenoxy) is 2. The van der Waals surface area contributed by atoms with Crippen LogP contribution in [0.2, 0.25) is 0 Å². The zero-order valence-corrected chi connectivity index (χ0v) is 19.4. The third kappa shape index (κ3) is 5.71. The van der Waals surface area contributed by atoms with Gasteiger partial charge in [0.25, 0.3) is 20.2 Å². The van der Waals surface area contributed by atoms with Gasteiger partial charge in [0, 0.05) is 13.5 Å². The number of hydrogen-bond acceptors (Lipinski definition) is 8. The van der Waals surface area contributed by atoms with E-state index in [-0.39, 0.29) is 16.2 Å². The van der Waals surface area contributed by atoms with Crippen LogP contribution in [0, 0.1) is 13.8 Å². The Labute approximate surface area is 183 Å². The van der Waals surface area contributed by atoms with Crippen LogP contribution < -0.4 is 0 Å². The lowest BCUT2D eigenvalue weighted by molar-refractivity contribution is -0.226. The molecule has 2 aromatic rings. The molecule has 170 valence electrons. The van der Waals surface area contributed by atoms with Crippen LogP contribution in [-0.4, -0.2) is 48.5 Å². The van der Waals surface area contributed by atoms with Gasteiger partial charge in [-0.25, -0.2) is 0 Å². The molecule has 0 aromatic heterocycles. The highest BCUT2D eigenvalue weighted by atomic mass is 32.2. The Hall–Kier alpha value is -1.82. The second-order valence-electron chi connectivity index (χ2n) is 7.47. The number of hydrogen-bond donors (Lipinski definition) is 0. The zero-order valence-electron chi connectivity index (χ0n) is 17.7. The van der Waals surface area contributed by atoms with E-state index in [1.54, 1.807) is 31.2 Å². The molecular weight excluding hydrogens is 444 g/mol. The minimum Gasteiger partial charge on any atom is -0.356 e. The number of benzene rings is 2. The van der Waals surface area contributed by atoms with Crippen LogP contribution in [0.1, 0.15) is 24.5 Å². The SMILES string of the molecule is CO[C@H]1C[C@@H](OS(=O)(=O)c2ccc(C)cc2)[C@@H](OS(=O)(=O)c2ccc(C)cc2)[C@@H](C)O1. The molecule has 0 spiro atoms. The largest absolute Gasteiger partial charge is 0.356 e. The van der Waals surface area contributed by atoms with Crippen LogP contribution in [0.15, 0.2) is 58.3 Å². The lowest BCUT2D eigenvalue weighted by Crippen LogP contribution is -2.51. The van der Waals surface area contributed by atoms with Gasteiger partial charge < -0.3 is 9.47 Å². The van der Waals surface area contributed by atoms with Crippen molar-refractivity contribution in [1.82, 2.24) is 0 Å². The highest BCUT2D eigenvalue weighted by molar-refractivity contribution is 7.87. The minimum absolute atomic E-state index is 0.0278. The fraction of sp³-hybridized carbons (Fsp3) is 0.429. The second kappa shape index (κ2) is 9.35. The van der Waals surface area contributed by atoms with E-state index in [9.17, 15) is 16.8 Å². The highest BCUT2D eigenvalue weighted by Crippen LogP contribution is 2.31. The van der Waals surface area contributed by atoms with Crippen molar-refractivity contribution in [2.75, 3.05) is 7.11 Å². The van der Waals surface area contributed by atoms with Gasteiger partial charge in [-0.2, -0.15) is 16.8 Å². The summed E-state index contributed by atoms with van der Waals surface area (Å²) in [7, 11) is -6.95. The first-order valence-electron chi connectivity index (χ1n) is 9.70. The molecule has 0 bridgehead atoms. The standard InChI is InChI=1S/C21H26O8S2/c1-14-5-9-17(10-6-14)30(22,23)28-19-13-20(26-4)27-16(3)21(19)29-31(24,25)18-11-7-15(2)8-12-18/h5-12,16,19-21H,13H2,1-4H3/t16-,19-,20-,21+/m1/s1. The van der Waals surface area contributed by atoms with E-state index in [2.05, 4.69) is 0 Å². The first-order valence-corrected chi connectivity index (χ1v) is 12.5. The van der Waals surface area contributed by atoms with E-state index in [0.717, 1.165) is 11.1 Å². The molecular formula is C21H26O8S2. The molecule has 2 aromatic carbocycles. The van der Waals surface area contributed by atoms with Crippen molar-refractivity contribution >= 4 is 20.2 Å². The van der Waals surface area contributed by atoms with Gasteiger partial charge in [0.1, 0.15) is 12.2 Å². The van der Waals surface area contributed by atoms with Crippen molar-refractivity contribution in [2.24, 2.45) is 0 Å². The molecule has 0 amide bonds. The summed E-state index contributed by atoms with van der Waals surface area (Å²) in [6.45, 7) is 5.24. The smallest absolute Gasteiger partial charge is 0.297 e. The molecule has 0 aliphatic carbocycles. The van der Waals surface area contributed by atoms with Crippen LogP contribution in [0.25, 0.3) is 0 Å². The Morgan fingerprint density at radius 3 is 1.71 bits per heavy atom. The number of methoxy groups -OCH3 is 1. The average Bonchev–Trinajstić information content (AvgIpc) is 2.70. The van der Waals surface area contributed by atoms with Gasteiger partial charge in [-0.15, -0.1) is 0 Å². The quantitative estimate of drug-likeness (QED) is 0.569. The number of aryl methyl sites for hydroxylation is 2. The van der Waals surface area contributed by atoms with Crippen LogP contribution in [0.4, 0.5) is 0 Å². The highest BCUT2D eigenvalue weighted by Gasteiger charge is 2.43. The molecule has 1 aliphatic rings. The topological polar surface area (TPSA) is 105 Å². The Balaban J connectivity index is 1.89. The van der Waals surface area contributed by atoms with Gasteiger partial charge in [-0.05, 0) is 45.0 Å². The summed E-state index contributed by atoms with van der Waals surface area (Å²) >= 11 is 0. The molecule has 1 saturated heterocycles. The summed E-state index contributed by atoms with van der Waals surface area (Å²) in [6, 6.07) is 12.3. The predicted molar refractivity (Wildman–Crippen MR) is 112 cm³/mol.